The van der Waals surface area contributed by atoms with E-state index in [2.05, 4.69) is 16.9 Å². The van der Waals surface area contributed by atoms with Crippen LogP contribution in [0.3, 0.4) is 0 Å². The van der Waals surface area contributed by atoms with Gasteiger partial charge in [0.05, 0.1) is 5.52 Å². The van der Waals surface area contributed by atoms with Crippen LogP contribution in [0.2, 0.25) is 0 Å². The first-order chi connectivity index (χ1) is 9.58. The Hall–Kier alpha value is -1.88. The maximum absolute atomic E-state index is 11.4. The van der Waals surface area contributed by atoms with E-state index in [0.29, 0.717) is 5.92 Å². The zero-order valence-electron chi connectivity index (χ0n) is 11.8. The normalized spacial score (nSPS) is 17.7. The summed E-state index contributed by atoms with van der Waals surface area (Å²) in [6.07, 6.45) is 3.99. The standard InChI is InChI=1S/C15H19N3O2/c1-10-4-3-7-18-13(10)12(15(19)20)16-14(18)11-5-8-17(2)9-6-11/h3-4,7,11H,5-6,8-9H2,1-2H3,(H,19,20). The lowest BCUT2D eigenvalue weighted by atomic mass is 9.96. The van der Waals surface area contributed by atoms with E-state index in [4.69, 9.17) is 0 Å². The van der Waals surface area contributed by atoms with Crippen LogP contribution in [-0.4, -0.2) is 45.5 Å². The van der Waals surface area contributed by atoms with Crippen molar-refractivity contribution >= 4 is 11.5 Å². The number of hydrogen-bond donors (Lipinski definition) is 1. The monoisotopic (exact) mass is 273 g/mol. The number of aromatic carboxylic acids is 1. The fraction of sp³-hybridized carbons (Fsp3) is 0.467. The summed E-state index contributed by atoms with van der Waals surface area (Å²) in [4.78, 5) is 18.2. The fourth-order valence-corrected chi connectivity index (χ4v) is 3.03. The molecule has 5 heteroatoms. The maximum atomic E-state index is 11.4. The highest BCUT2D eigenvalue weighted by atomic mass is 16.4. The molecule has 106 valence electrons. The van der Waals surface area contributed by atoms with Crippen molar-refractivity contribution in [3.05, 3.63) is 35.4 Å². The van der Waals surface area contributed by atoms with Gasteiger partial charge in [-0.1, -0.05) is 6.07 Å². The van der Waals surface area contributed by atoms with E-state index in [1.54, 1.807) is 0 Å². The molecule has 1 aliphatic rings. The Morgan fingerprint density at radius 1 is 1.40 bits per heavy atom. The molecular weight excluding hydrogens is 254 g/mol. The van der Waals surface area contributed by atoms with Gasteiger partial charge in [0.1, 0.15) is 5.82 Å². The van der Waals surface area contributed by atoms with E-state index in [1.807, 2.05) is 29.7 Å². The number of nitrogens with zero attached hydrogens (tertiary/aromatic N) is 3. The predicted molar refractivity (Wildman–Crippen MR) is 76.4 cm³/mol. The molecule has 0 saturated carbocycles. The lowest BCUT2D eigenvalue weighted by Gasteiger charge is -2.28. The van der Waals surface area contributed by atoms with Crippen LogP contribution < -0.4 is 0 Å². The highest BCUT2D eigenvalue weighted by Gasteiger charge is 2.26. The van der Waals surface area contributed by atoms with E-state index in [-0.39, 0.29) is 5.69 Å². The van der Waals surface area contributed by atoms with Crippen LogP contribution >= 0.6 is 0 Å². The van der Waals surface area contributed by atoms with Gasteiger partial charge in [-0.15, -0.1) is 0 Å². The third kappa shape index (κ3) is 2.08. The number of likely N-dealkylation sites (tertiary alicyclic amines) is 1. The minimum Gasteiger partial charge on any atom is -0.476 e. The van der Waals surface area contributed by atoms with Crippen LogP contribution in [0.4, 0.5) is 0 Å². The molecule has 0 radical (unpaired) electrons. The number of carbonyl (C=O) groups is 1. The molecule has 1 aliphatic heterocycles. The Labute approximate surface area is 117 Å². The molecule has 0 aliphatic carbocycles. The van der Waals surface area contributed by atoms with Gasteiger partial charge in [-0.25, -0.2) is 9.78 Å². The smallest absolute Gasteiger partial charge is 0.356 e. The van der Waals surface area contributed by atoms with Crippen molar-refractivity contribution in [2.75, 3.05) is 20.1 Å². The molecule has 0 bridgehead atoms. The first-order valence-corrected chi connectivity index (χ1v) is 6.97. The first-order valence-electron chi connectivity index (χ1n) is 6.97. The number of hydrogen-bond acceptors (Lipinski definition) is 3. The van der Waals surface area contributed by atoms with Crippen LogP contribution in [-0.2, 0) is 0 Å². The Morgan fingerprint density at radius 3 is 2.75 bits per heavy atom. The molecule has 0 spiro atoms. The third-order valence-corrected chi connectivity index (χ3v) is 4.18. The van der Waals surface area contributed by atoms with Crippen molar-refractivity contribution in [1.29, 1.82) is 0 Å². The summed E-state index contributed by atoms with van der Waals surface area (Å²) in [6.45, 7) is 4.00. The van der Waals surface area contributed by atoms with Gasteiger partial charge in [0.15, 0.2) is 5.69 Å². The highest BCUT2D eigenvalue weighted by Crippen LogP contribution is 2.29. The molecule has 3 heterocycles. The number of aryl methyl sites for hydroxylation is 1. The summed E-state index contributed by atoms with van der Waals surface area (Å²) in [5, 5.41) is 9.38. The van der Waals surface area contributed by atoms with E-state index < -0.39 is 5.97 Å². The number of imidazole rings is 1. The van der Waals surface area contributed by atoms with E-state index in [9.17, 15) is 9.90 Å². The van der Waals surface area contributed by atoms with Crippen molar-refractivity contribution in [2.45, 2.75) is 25.7 Å². The largest absolute Gasteiger partial charge is 0.476 e. The number of rotatable bonds is 2. The summed E-state index contributed by atoms with van der Waals surface area (Å²) in [7, 11) is 2.12. The van der Waals surface area contributed by atoms with Gasteiger partial charge in [0, 0.05) is 12.1 Å². The van der Waals surface area contributed by atoms with Crippen molar-refractivity contribution in [3.63, 3.8) is 0 Å². The number of pyridine rings is 1. The molecule has 2 aromatic heterocycles. The second-order valence-corrected chi connectivity index (χ2v) is 5.61. The second-order valence-electron chi connectivity index (χ2n) is 5.61. The molecule has 20 heavy (non-hydrogen) atoms. The van der Waals surface area contributed by atoms with Gasteiger partial charge in [0.2, 0.25) is 0 Å². The van der Waals surface area contributed by atoms with Crippen LogP contribution in [0, 0.1) is 6.92 Å². The molecule has 1 saturated heterocycles. The van der Waals surface area contributed by atoms with Crippen molar-refractivity contribution in [1.82, 2.24) is 14.3 Å². The molecule has 5 nitrogen and oxygen atoms in total. The van der Waals surface area contributed by atoms with Crippen molar-refractivity contribution in [3.8, 4) is 0 Å². The first kappa shape index (κ1) is 13.1. The number of fused-ring (bicyclic) bond motifs is 1. The predicted octanol–water partition coefficient (Wildman–Crippen LogP) is 2.15. The Balaban J connectivity index is 2.12. The third-order valence-electron chi connectivity index (χ3n) is 4.18. The summed E-state index contributed by atoms with van der Waals surface area (Å²) in [6, 6.07) is 3.88. The molecule has 3 rings (SSSR count). The quantitative estimate of drug-likeness (QED) is 0.911. The van der Waals surface area contributed by atoms with E-state index in [0.717, 1.165) is 42.8 Å². The van der Waals surface area contributed by atoms with Crippen LogP contribution in [0.1, 0.15) is 40.6 Å². The molecule has 2 aromatic rings. The second kappa shape index (κ2) is 4.90. The Kier molecular flexibility index (Phi) is 3.22. The van der Waals surface area contributed by atoms with Gasteiger partial charge >= 0.3 is 5.97 Å². The Bertz CT molecular complexity index is 654. The van der Waals surface area contributed by atoms with Crippen LogP contribution in [0.5, 0.6) is 0 Å². The summed E-state index contributed by atoms with van der Waals surface area (Å²) in [5.41, 5.74) is 1.86. The Morgan fingerprint density at radius 2 is 2.10 bits per heavy atom. The van der Waals surface area contributed by atoms with Gasteiger partial charge < -0.3 is 14.4 Å². The molecule has 0 amide bonds. The zero-order chi connectivity index (χ0) is 14.3. The highest BCUT2D eigenvalue weighted by molar-refractivity contribution is 5.94. The fourth-order valence-electron chi connectivity index (χ4n) is 3.03. The maximum Gasteiger partial charge on any atom is 0.356 e. The van der Waals surface area contributed by atoms with Crippen molar-refractivity contribution in [2.24, 2.45) is 0 Å². The molecule has 0 unspecified atom stereocenters. The lowest BCUT2D eigenvalue weighted by Crippen LogP contribution is -2.30. The molecule has 0 atom stereocenters. The molecule has 0 aromatic carbocycles. The summed E-state index contributed by atoms with van der Waals surface area (Å²) in [5.74, 6) is 0.291. The molecule has 1 fully saturated rings. The van der Waals surface area contributed by atoms with Crippen LogP contribution in [0.25, 0.3) is 5.52 Å². The molecule has 1 N–H and O–H groups in total. The average Bonchev–Trinajstić information content (AvgIpc) is 2.81. The summed E-state index contributed by atoms with van der Waals surface area (Å²) >= 11 is 0. The van der Waals surface area contributed by atoms with E-state index >= 15 is 0 Å². The number of carboxylic acids is 1. The number of carboxylic acid groups (broad SMARTS) is 1. The zero-order valence-corrected chi connectivity index (χ0v) is 11.8. The minimum atomic E-state index is -0.948. The van der Waals surface area contributed by atoms with Crippen molar-refractivity contribution < 1.29 is 9.90 Å². The summed E-state index contributed by atoms with van der Waals surface area (Å²) < 4.78 is 1.97. The topological polar surface area (TPSA) is 57.8 Å². The number of aromatic nitrogens is 2. The van der Waals surface area contributed by atoms with Gasteiger partial charge in [-0.05, 0) is 51.5 Å². The van der Waals surface area contributed by atoms with Gasteiger partial charge in [0.25, 0.3) is 0 Å². The minimum absolute atomic E-state index is 0.178. The van der Waals surface area contributed by atoms with Gasteiger partial charge in [-0.3, -0.25) is 0 Å². The lowest BCUT2D eigenvalue weighted by molar-refractivity contribution is 0.0693. The molecular formula is C15H19N3O2. The SMILES string of the molecule is Cc1cccn2c(C3CCN(C)CC3)nc(C(=O)O)c12. The van der Waals surface area contributed by atoms with Crippen LogP contribution in [0.15, 0.2) is 18.3 Å². The number of piperidine rings is 1. The van der Waals surface area contributed by atoms with E-state index in [1.165, 1.54) is 0 Å². The average molecular weight is 273 g/mol. The van der Waals surface area contributed by atoms with Gasteiger partial charge in [-0.2, -0.15) is 0 Å².